The van der Waals surface area contributed by atoms with Gasteiger partial charge >= 0.3 is 0 Å². The minimum atomic E-state index is 0.662. The van der Waals surface area contributed by atoms with Crippen LogP contribution in [0.25, 0.3) is 22.6 Å². The van der Waals surface area contributed by atoms with Crippen LogP contribution in [-0.2, 0) is 0 Å². The summed E-state index contributed by atoms with van der Waals surface area (Å²) in [6.45, 7) is 2.01. The van der Waals surface area contributed by atoms with Gasteiger partial charge in [0.2, 0.25) is 0 Å². The summed E-state index contributed by atoms with van der Waals surface area (Å²) in [6.07, 6.45) is 2.37. The van der Waals surface area contributed by atoms with E-state index >= 15 is 0 Å². The number of benzene rings is 2. The van der Waals surface area contributed by atoms with Crippen molar-refractivity contribution in [2.45, 2.75) is 12.8 Å². The van der Waals surface area contributed by atoms with Crippen molar-refractivity contribution < 1.29 is 0 Å². The molecule has 0 bridgehead atoms. The highest BCUT2D eigenvalue weighted by atomic mass is 35.5. The highest BCUT2D eigenvalue weighted by Crippen LogP contribution is 2.31. The molecule has 3 aromatic rings. The molecule has 2 heterocycles. The zero-order chi connectivity index (χ0) is 16.4. The Labute approximate surface area is 146 Å². The normalized spacial score (nSPS) is 14.1. The predicted molar refractivity (Wildman–Crippen MR) is 97.2 cm³/mol. The highest BCUT2D eigenvalue weighted by Gasteiger charge is 2.21. The Kier molecular flexibility index (Phi) is 4.13. The second-order valence-electron chi connectivity index (χ2n) is 5.87. The number of nitrogens with zero attached hydrogens (tertiary/aromatic N) is 4. The van der Waals surface area contributed by atoms with Gasteiger partial charge in [-0.05, 0) is 25.0 Å². The van der Waals surface area contributed by atoms with Crippen LogP contribution in [0.5, 0.6) is 0 Å². The first-order valence-electron chi connectivity index (χ1n) is 8.12. The average molecular weight is 337 g/mol. The maximum atomic E-state index is 6.01. The first kappa shape index (κ1) is 15.1. The summed E-state index contributed by atoms with van der Waals surface area (Å²) in [4.78, 5) is 7.14. The fourth-order valence-electron chi connectivity index (χ4n) is 2.97. The van der Waals surface area contributed by atoms with Crippen molar-refractivity contribution in [3.63, 3.8) is 0 Å². The summed E-state index contributed by atoms with van der Waals surface area (Å²) in [7, 11) is 0. The highest BCUT2D eigenvalue weighted by molar-refractivity contribution is 6.30. The van der Waals surface area contributed by atoms with Crippen molar-refractivity contribution in [2.75, 3.05) is 18.0 Å². The Morgan fingerprint density at radius 3 is 2.21 bits per heavy atom. The Bertz CT molecular complexity index is 828. The van der Waals surface area contributed by atoms with Crippen molar-refractivity contribution in [1.29, 1.82) is 0 Å². The molecule has 0 unspecified atom stereocenters. The minimum Gasteiger partial charge on any atom is -0.355 e. The van der Waals surface area contributed by atoms with Crippen LogP contribution in [0, 0.1) is 0 Å². The Morgan fingerprint density at radius 1 is 0.792 bits per heavy atom. The molecule has 24 heavy (non-hydrogen) atoms. The van der Waals surface area contributed by atoms with Gasteiger partial charge < -0.3 is 4.90 Å². The van der Waals surface area contributed by atoms with Crippen molar-refractivity contribution >= 4 is 17.4 Å². The summed E-state index contributed by atoms with van der Waals surface area (Å²) >= 11 is 6.01. The second-order valence-corrected chi connectivity index (χ2v) is 6.31. The van der Waals surface area contributed by atoms with E-state index in [2.05, 4.69) is 15.1 Å². The number of anilines is 1. The molecule has 4 nitrogen and oxygen atoms in total. The third kappa shape index (κ3) is 2.97. The molecule has 4 rings (SSSR count). The van der Waals surface area contributed by atoms with Gasteiger partial charge in [0.25, 0.3) is 0 Å². The van der Waals surface area contributed by atoms with E-state index < -0.39 is 0 Å². The number of hydrogen-bond acceptors (Lipinski definition) is 4. The molecule has 0 N–H and O–H groups in total. The minimum absolute atomic E-state index is 0.662. The van der Waals surface area contributed by atoms with Crippen LogP contribution < -0.4 is 4.90 Å². The molecule has 0 aliphatic carbocycles. The van der Waals surface area contributed by atoms with Crippen molar-refractivity contribution in [3.05, 3.63) is 59.6 Å². The molecule has 0 spiro atoms. The van der Waals surface area contributed by atoms with E-state index in [9.17, 15) is 0 Å². The molecular weight excluding hydrogens is 320 g/mol. The Morgan fingerprint density at radius 2 is 1.50 bits per heavy atom. The SMILES string of the molecule is Clc1ccc(-c2nnc(-c3ccccc3)nc2N2CCCC2)cc1. The molecule has 0 saturated carbocycles. The number of aromatic nitrogens is 3. The zero-order valence-electron chi connectivity index (χ0n) is 13.2. The molecule has 1 saturated heterocycles. The van der Waals surface area contributed by atoms with E-state index in [0.717, 1.165) is 35.7 Å². The molecule has 1 fully saturated rings. The van der Waals surface area contributed by atoms with Crippen LogP contribution in [0.15, 0.2) is 54.6 Å². The third-order valence-electron chi connectivity index (χ3n) is 4.22. The van der Waals surface area contributed by atoms with Crippen LogP contribution in [0.4, 0.5) is 5.82 Å². The van der Waals surface area contributed by atoms with Gasteiger partial charge in [-0.3, -0.25) is 0 Å². The van der Waals surface area contributed by atoms with Crippen LogP contribution in [0.1, 0.15) is 12.8 Å². The lowest BCUT2D eigenvalue weighted by Gasteiger charge is -2.19. The maximum absolute atomic E-state index is 6.01. The Hall–Kier alpha value is -2.46. The summed E-state index contributed by atoms with van der Waals surface area (Å²) in [5.41, 5.74) is 2.78. The van der Waals surface area contributed by atoms with Crippen LogP contribution in [0.3, 0.4) is 0 Å². The van der Waals surface area contributed by atoms with Crippen LogP contribution in [0.2, 0.25) is 5.02 Å². The van der Waals surface area contributed by atoms with Gasteiger partial charge in [-0.15, -0.1) is 10.2 Å². The van der Waals surface area contributed by atoms with Crippen LogP contribution in [-0.4, -0.2) is 28.3 Å². The van der Waals surface area contributed by atoms with E-state index in [1.54, 1.807) is 0 Å². The first-order chi connectivity index (χ1) is 11.8. The predicted octanol–water partition coefficient (Wildman–Crippen LogP) is 4.46. The molecular formula is C19H17ClN4. The van der Waals surface area contributed by atoms with E-state index in [4.69, 9.17) is 16.6 Å². The molecule has 5 heteroatoms. The lowest BCUT2D eigenvalue weighted by atomic mass is 10.1. The average Bonchev–Trinajstić information content (AvgIpc) is 3.17. The molecule has 2 aromatic carbocycles. The quantitative estimate of drug-likeness (QED) is 0.708. The standard InChI is InChI=1S/C19H17ClN4/c20-16-10-8-14(9-11-16)17-19(24-12-4-5-13-24)21-18(23-22-17)15-6-2-1-3-7-15/h1-3,6-11H,4-5,12-13H2. The molecule has 0 radical (unpaired) electrons. The van der Waals surface area contributed by atoms with Gasteiger partial charge in [0.15, 0.2) is 11.6 Å². The van der Waals surface area contributed by atoms with Gasteiger partial charge in [0.05, 0.1) is 0 Å². The molecule has 0 atom stereocenters. The fourth-order valence-corrected chi connectivity index (χ4v) is 3.10. The molecule has 0 amide bonds. The molecule has 1 aliphatic rings. The largest absolute Gasteiger partial charge is 0.355 e. The molecule has 1 aliphatic heterocycles. The smallest absolute Gasteiger partial charge is 0.183 e. The van der Waals surface area contributed by atoms with Crippen molar-refractivity contribution in [1.82, 2.24) is 15.2 Å². The fraction of sp³-hybridized carbons (Fsp3) is 0.211. The summed E-state index contributed by atoms with van der Waals surface area (Å²) in [5, 5.41) is 9.57. The lowest BCUT2D eigenvalue weighted by molar-refractivity contribution is 0.896. The van der Waals surface area contributed by atoms with E-state index in [0.29, 0.717) is 10.8 Å². The van der Waals surface area contributed by atoms with Crippen LogP contribution >= 0.6 is 11.6 Å². The van der Waals surface area contributed by atoms with Crippen molar-refractivity contribution in [3.8, 4) is 22.6 Å². The molecule has 1 aromatic heterocycles. The van der Waals surface area contributed by atoms with E-state index in [1.165, 1.54) is 12.8 Å². The lowest BCUT2D eigenvalue weighted by Crippen LogP contribution is -2.21. The summed E-state index contributed by atoms with van der Waals surface area (Å²) in [6, 6.07) is 17.7. The topological polar surface area (TPSA) is 41.9 Å². The van der Waals surface area contributed by atoms with E-state index in [1.807, 2.05) is 54.6 Å². The van der Waals surface area contributed by atoms with Gasteiger partial charge in [-0.25, -0.2) is 4.98 Å². The third-order valence-corrected chi connectivity index (χ3v) is 4.48. The monoisotopic (exact) mass is 336 g/mol. The molecule has 120 valence electrons. The number of halogens is 1. The van der Waals surface area contributed by atoms with E-state index in [-0.39, 0.29) is 0 Å². The Balaban J connectivity index is 1.82. The number of hydrogen-bond donors (Lipinski definition) is 0. The van der Waals surface area contributed by atoms with Gasteiger partial charge in [-0.2, -0.15) is 0 Å². The van der Waals surface area contributed by atoms with Crippen molar-refractivity contribution in [2.24, 2.45) is 0 Å². The second kappa shape index (κ2) is 6.57. The maximum Gasteiger partial charge on any atom is 0.183 e. The van der Waals surface area contributed by atoms with Gasteiger partial charge in [-0.1, -0.05) is 54.1 Å². The summed E-state index contributed by atoms with van der Waals surface area (Å²) < 4.78 is 0. The first-order valence-corrected chi connectivity index (χ1v) is 8.50. The zero-order valence-corrected chi connectivity index (χ0v) is 13.9. The van der Waals surface area contributed by atoms with Gasteiger partial charge in [0, 0.05) is 29.2 Å². The van der Waals surface area contributed by atoms with Gasteiger partial charge in [0.1, 0.15) is 5.69 Å². The summed E-state index contributed by atoms with van der Waals surface area (Å²) in [5.74, 6) is 1.57. The number of rotatable bonds is 3.